The molecule has 21 heavy (non-hydrogen) atoms. The van der Waals surface area contributed by atoms with Crippen LogP contribution in [0.3, 0.4) is 0 Å². The van der Waals surface area contributed by atoms with Gasteiger partial charge in [0, 0.05) is 13.0 Å². The highest BCUT2D eigenvalue weighted by molar-refractivity contribution is 5.95. The molecule has 0 saturated carbocycles. The Morgan fingerprint density at radius 2 is 2.24 bits per heavy atom. The van der Waals surface area contributed by atoms with Crippen LogP contribution in [-0.2, 0) is 16.0 Å². The van der Waals surface area contributed by atoms with Crippen LogP contribution in [0, 0.1) is 5.92 Å². The van der Waals surface area contributed by atoms with E-state index in [1.807, 2.05) is 18.2 Å². The maximum absolute atomic E-state index is 11.7. The van der Waals surface area contributed by atoms with Crippen LogP contribution in [0.5, 0.6) is 5.75 Å². The Morgan fingerprint density at radius 3 is 3.00 bits per heavy atom. The minimum Gasteiger partial charge on any atom is -0.482 e. The third kappa shape index (κ3) is 4.77. The van der Waals surface area contributed by atoms with E-state index < -0.39 is 0 Å². The summed E-state index contributed by atoms with van der Waals surface area (Å²) in [5, 5.41) is 5.69. The predicted octanol–water partition coefficient (Wildman–Crippen LogP) is 2.11. The van der Waals surface area contributed by atoms with Gasteiger partial charge in [0.15, 0.2) is 6.61 Å². The summed E-state index contributed by atoms with van der Waals surface area (Å²) in [6, 6.07) is 5.63. The number of aryl methyl sites for hydroxylation is 1. The zero-order chi connectivity index (χ0) is 15.2. The molecule has 5 nitrogen and oxygen atoms in total. The highest BCUT2D eigenvalue weighted by atomic mass is 16.5. The Hall–Kier alpha value is -2.04. The van der Waals surface area contributed by atoms with Crippen molar-refractivity contribution < 1.29 is 14.3 Å². The normalized spacial score (nSPS) is 13.4. The summed E-state index contributed by atoms with van der Waals surface area (Å²) in [6.07, 6.45) is 2.09. The van der Waals surface area contributed by atoms with Crippen LogP contribution in [0.2, 0.25) is 0 Å². The number of hydrogen-bond donors (Lipinski definition) is 2. The van der Waals surface area contributed by atoms with Crippen molar-refractivity contribution in [2.45, 2.75) is 33.1 Å². The van der Waals surface area contributed by atoms with Gasteiger partial charge in [-0.1, -0.05) is 19.9 Å². The number of amides is 2. The Kier molecular flexibility index (Phi) is 5.20. The predicted molar refractivity (Wildman–Crippen MR) is 81.4 cm³/mol. The average Bonchev–Trinajstić information content (AvgIpc) is 2.44. The molecule has 1 aliphatic heterocycles. The highest BCUT2D eigenvalue weighted by Gasteiger charge is 2.16. The zero-order valence-electron chi connectivity index (χ0n) is 12.6. The van der Waals surface area contributed by atoms with Gasteiger partial charge in [0.05, 0.1) is 5.69 Å². The summed E-state index contributed by atoms with van der Waals surface area (Å²) in [5.41, 5.74) is 1.70. The van der Waals surface area contributed by atoms with E-state index >= 15 is 0 Å². The minimum absolute atomic E-state index is 0.0601. The summed E-state index contributed by atoms with van der Waals surface area (Å²) in [5.74, 6) is 1.19. The molecule has 1 aromatic rings. The molecule has 2 rings (SSSR count). The van der Waals surface area contributed by atoms with E-state index in [1.165, 1.54) is 0 Å². The molecule has 1 heterocycles. The molecular formula is C16H22N2O3. The third-order valence-corrected chi connectivity index (χ3v) is 3.36. The van der Waals surface area contributed by atoms with Gasteiger partial charge in [-0.25, -0.2) is 0 Å². The number of rotatable bonds is 6. The summed E-state index contributed by atoms with van der Waals surface area (Å²) in [4.78, 5) is 23.0. The van der Waals surface area contributed by atoms with Crippen molar-refractivity contribution in [3.63, 3.8) is 0 Å². The maximum atomic E-state index is 11.7. The van der Waals surface area contributed by atoms with Gasteiger partial charge >= 0.3 is 0 Å². The number of benzene rings is 1. The van der Waals surface area contributed by atoms with E-state index in [9.17, 15) is 9.59 Å². The second-order valence-corrected chi connectivity index (χ2v) is 5.70. The maximum Gasteiger partial charge on any atom is 0.262 e. The van der Waals surface area contributed by atoms with Gasteiger partial charge in [-0.3, -0.25) is 9.59 Å². The number of nitrogens with one attached hydrogen (secondary N) is 2. The Balaban J connectivity index is 1.82. The molecule has 0 radical (unpaired) electrons. The first-order valence-electron chi connectivity index (χ1n) is 7.37. The monoisotopic (exact) mass is 290 g/mol. The van der Waals surface area contributed by atoms with Crippen LogP contribution in [-0.4, -0.2) is 25.0 Å². The fraction of sp³-hybridized carbons (Fsp3) is 0.500. The van der Waals surface area contributed by atoms with Gasteiger partial charge in [0.1, 0.15) is 5.75 Å². The molecule has 2 N–H and O–H groups in total. The lowest BCUT2D eigenvalue weighted by Crippen LogP contribution is -2.26. The SMILES string of the molecule is CC(C)CCNC(=O)CCc1ccc2c(c1)NC(=O)CO2. The lowest BCUT2D eigenvalue weighted by Gasteiger charge is -2.18. The van der Waals surface area contributed by atoms with Crippen molar-refractivity contribution in [1.82, 2.24) is 5.32 Å². The molecular weight excluding hydrogens is 268 g/mol. The summed E-state index contributed by atoms with van der Waals surface area (Å²) < 4.78 is 5.30. The molecule has 0 saturated heterocycles. The molecule has 1 aliphatic rings. The molecule has 2 amide bonds. The van der Waals surface area contributed by atoms with Crippen LogP contribution in [0.4, 0.5) is 5.69 Å². The van der Waals surface area contributed by atoms with Gasteiger partial charge < -0.3 is 15.4 Å². The second-order valence-electron chi connectivity index (χ2n) is 5.70. The number of carbonyl (C=O) groups is 2. The van der Waals surface area contributed by atoms with Crippen molar-refractivity contribution in [3.05, 3.63) is 23.8 Å². The molecule has 0 spiro atoms. The molecule has 0 bridgehead atoms. The summed E-state index contributed by atoms with van der Waals surface area (Å²) in [7, 11) is 0. The minimum atomic E-state index is -0.147. The fourth-order valence-electron chi connectivity index (χ4n) is 2.13. The Bertz CT molecular complexity index is 526. The quantitative estimate of drug-likeness (QED) is 0.843. The summed E-state index contributed by atoms with van der Waals surface area (Å²) in [6.45, 7) is 5.06. The Labute approximate surface area is 125 Å². The van der Waals surface area contributed by atoms with Crippen LogP contribution >= 0.6 is 0 Å². The van der Waals surface area contributed by atoms with E-state index in [-0.39, 0.29) is 18.4 Å². The number of ether oxygens (including phenoxy) is 1. The number of carbonyl (C=O) groups excluding carboxylic acids is 2. The van der Waals surface area contributed by atoms with E-state index in [0.29, 0.717) is 30.2 Å². The van der Waals surface area contributed by atoms with E-state index in [1.54, 1.807) is 0 Å². The lowest BCUT2D eigenvalue weighted by atomic mass is 10.1. The van der Waals surface area contributed by atoms with Crippen LogP contribution in [0.15, 0.2) is 18.2 Å². The molecule has 0 aromatic heterocycles. The zero-order valence-corrected chi connectivity index (χ0v) is 12.6. The standard InChI is InChI=1S/C16H22N2O3/c1-11(2)7-8-17-15(19)6-4-12-3-5-14-13(9-12)18-16(20)10-21-14/h3,5,9,11H,4,6-8,10H2,1-2H3,(H,17,19)(H,18,20). The van der Waals surface area contributed by atoms with Gasteiger partial charge in [0.25, 0.3) is 5.91 Å². The van der Waals surface area contributed by atoms with E-state index in [2.05, 4.69) is 24.5 Å². The highest BCUT2D eigenvalue weighted by Crippen LogP contribution is 2.28. The summed E-state index contributed by atoms with van der Waals surface area (Å²) >= 11 is 0. The first kappa shape index (κ1) is 15.4. The third-order valence-electron chi connectivity index (χ3n) is 3.36. The van der Waals surface area contributed by atoms with Gasteiger partial charge in [0.2, 0.25) is 5.91 Å². The second kappa shape index (κ2) is 7.11. The van der Waals surface area contributed by atoms with Gasteiger partial charge in [-0.05, 0) is 36.5 Å². The van der Waals surface area contributed by atoms with Gasteiger partial charge in [-0.15, -0.1) is 0 Å². The Morgan fingerprint density at radius 1 is 1.43 bits per heavy atom. The number of fused-ring (bicyclic) bond motifs is 1. The largest absolute Gasteiger partial charge is 0.482 e. The van der Waals surface area contributed by atoms with Crippen molar-refractivity contribution in [1.29, 1.82) is 0 Å². The first-order chi connectivity index (χ1) is 10.0. The van der Waals surface area contributed by atoms with Crippen LogP contribution in [0.25, 0.3) is 0 Å². The molecule has 0 fully saturated rings. The smallest absolute Gasteiger partial charge is 0.262 e. The van der Waals surface area contributed by atoms with E-state index in [0.717, 1.165) is 18.5 Å². The van der Waals surface area contributed by atoms with Crippen molar-refractivity contribution in [2.24, 2.45) is 5.92 Å². The van der Waals surface area contributed by atoms with Gasteiger partial charge in [-0.2, -0.15) is 0 Å². The molecule has 114 valence electrons. The van der Waals surface area contributed by atoms with E-state index in [4.69, 9.17) is 4.74 Å². The molecule has 0 aliphatic carbocycles. The van der Waals surface area contributed by atoms with Crippen LogP contribution in [0.1, 0.15) is 32.3 Å². The first-order valence-corrected chi connectivity index (χ1v) is 7.37. The molecule has 0 atom stereocenters. The molecule has 1 aromatic carbocycles. The van der Waals surface area contributed by atoms with Crippen molar-refractivity contribution in [3.8, 4) is 5.75 Å². The van der Waals surface area contributed by atoms with Crippen molar-refractivity contribution >= 4 is 17.5 Å². The fourth-order valence-corrected chi connectivity index (χ4v) is 2.13. The molecule has 5 heteroatoms. The lowest BCUT2D eigenvalue weighted by molar-refractivity contribution is -0.121. The molecule has 0 unspecified atom stereocenters. The topological polar surface area (TPSA) is 67.4 Å². The van der Waals surface area contributed by atoms with Crippen molar-refractivity contribution in [2.75, 3.05) is 18.5 Å². The van der Waals surface area contributed by atoms with Crippen LogP contribution < -0.4 is 15.4 Å². The number of hydrogen-bond acceptors (Lipinski definition) is 3. The average molecular weight is 290 g/mol. The number of anilines is 1.